The van der Waals surface area contributed by atoms with E-state index < -0.39 is 11.6 Å². The van der Waals surface area contributed by atoms with Crippen LogP contribution in [0.25, 0.3) is 43.2 Å². The molecule has 220 valence electrons. The molecule has 8 nitrogen and oxygen atoms in total. The minimum absolute atomic E-state index is 0.135. The smallest absolute Gasteiger partial charge is 0.307 e. The first-order chi connectivity index (χ1) is 20.5. The molecule has 10 heteroatoms. The van der Waals surface area contributed by atoms with Gasteiger partial charge in [-0.1, -0.05) is 11.6 Å². The second-order valence-electron chi connectivity index (χ2n) is 11.6. The number of likely N-dealkylation sites (N-methyl/N-ethyl adjacent to an activating group) is 1. The molecule has 4 heterocycles. The Balaban J connectivity index is 1.50. The van der Waals surface area contributed by atoms with Crippen molar-refractivity contribution in [2.45, 2.75) is 39.7 Å². The SMILES string of the molecule is Cc1cc2nc(-c3ccnc(-c4cnc5c(c4)OCCN5C)c3)sc2c(-c2ccc(Cl)cc2OC(C)(C)C)c1CC(=O)O. The summed E-state index contributed by atoms with van der Waals surface area (Å²) in [5.41, 5.74) is 5.93. The highest BCUT2D eigenvalue weighted by Crippen LogP contribution is 2.45. The van der Waals surface area contributed by atoms with Gasteiger partial charge in [-0.15, -0.1) is 11.3 Å². The molecule has 0 spiro atoms. The molecular weight excluding hydrogens is 584 g/mol. The fourth-order valence-corrected chi connectivity index (χ4v) is 6.52. The molecule has 3 aromatic heterocycles. The van der Waals surface area contributed by atoms with Gasteiger partial charge in [0, 0.05) is 46.7 Å². The molecule has 1 aliphatic rings. The third-order valence-electron chi connectivity index (χ3n) is 7.15. The molecular formula is C33H31ClN4O4S. The van der Waals surface area contributed by atoms with Gasteiger partial charge in [-0.05, 0) is 81.3 Å². The molecule has 1 N–H and O–H groups in total. The molecule has 2 aromatic carbocycles. The van der Waals surface area contributed by atoms with Gasteiger partial charge in [0.25, 0.3) is 0 Å². The average Bonchev–Trinajstić information content (AvgIpc) is 3.36. The summed E-state index contributed by atoms with van der Waals surface area (Å²) in [6.07, 6.45) is 3.44. The minimum Gasteiger partial charge on any atom is -0.488 e. The molecule has 6 rings (SSSR count). The van der Waals surface area contributed by atoms with Crippen molar-refractivity contribution in [1.82, 2.24) is 15.0 Å². The first-order valence-corrected chi connectivity index (χ1v) is 15.1. The van der Waals surface area contributed by atoms with Crippen LogP contribution in [-0.4, -0.2) is 51.8 Å². The molecule has 0 radical (unpaired) electrons. The number of aliphatic carboxylic acids is 1. The lowest BCUT2D eigenvalue weighted by atomic mass is 9.92. The van der Waals surface area contributed by atoms with Crippen LogP contribution < -0.4 is 14.4 Å². The number of ether oxygens (including phenoxy) is 2. The number of hydrogen-bond acceptors (Lipinski definition) is 8. The molecule has 0 saturated carbocycles. The molecule has 0 fully saturated rings. The maximum Gasteiger partial charge on any atom is 0.307 e. The third kappa shape index (κ3) is 5.87. The van der Waals surface area contributed by atoms with Crippen molar-refractivity contribution in [3.63, 3.8) is 0 Å². The van der Waals surface area contributed by atoms with Crippen LogP contribution in [0.15, 0.2) is 54.9 Å². The van der Waals surface area contributed by atoms with Crippen LogP contribution >= 0.6 is 22.9 Å². The normalized spacial score (nSPS) is 13.1. The molecule has 0 saturated heterocycles. The predicted molar refractivity (Wildman–Crippen MR) is 172 cm³/mol. The molecule has 0 bridgehead atoms. The molecule has 0 unspecified atom stereocenters. The largest absolute Gasteiger partial charge is 0.488 e. The standard InChI is InChI=1S/C33H31ClN4O4S/c1-18-12-25-30(29(23(18)16-28(39)40)22-7-6-21(34)15-26(22)42-33(2,3)4)43-32(37-25)19-8-9-35-24(13-19)20-14-27-31(36-17-20)38(5)10-11-41-27/h6-9,12-15,17H,10-11,16H2,1-5H3,(H,39,40). The Bertz CT molecular complexity index is 1880. The fraction of sp³-hybridized carbons (Fsp3) is 0.273. The van der Waals surface area contributed by atoms with E-state index in [0.717, 1.165) is 72.4 Å². The monoisotopic (exact) mass is 614 g/mol. The Hall–Kier alpha value is -4.21. The van der Waals surface area contributed by atoms with Crippen molar-refractivity contribution in [1.29, 1.82) is 0 Å². The van der Waals surface area contributed by atoms with Crippen LogP contribution in [0, 0.1) is 6.92 Å². The number of carboxylic acid groups (broad SMARTS) is 1. The van der Waals surface area contributed by atoms with Gasteiger partial charge in [0.1, 0.15) is 23.0 Å². The van der Waals surface area contributed by atoms with Gasteiger partial charge in [0.2, 0.25) is 0 Å². The van der Waals surface area contributed by atoms with E-state index in [1.807, 2.05) is 71.3 Å². The molecule has 43 heavy (non-hydrogen) atoms. The summed E-state index contributed by atoms with van der Waals surface area (Å²) in [5.74, 6) is 1.23. The second-order valence-corrected chi connectivity index (χ2v) is 13.0. The van der Waals surface area contributed by atoms with Crippen molar-refractivity contribution < 1.29 is 19.4 Å². The van der Waals surface area contributed by atoms with Crippen LogP contribution in [0.4, 0.5) is 5.82 Å². The Morgan fingerprint density at radius 2 is 1.95 bits per heavy atom. The van der Waals surface area contributed by atoms with Gasteiger partial charge in [-0.3, -0.25) is 9.78 Å². The summed E-state index contributed by atoms with van der Waals surface area (Å²) in [7, 11) is 2.00. The summed E-state index contributed by atoms with van der Waals surface area (Å²) in [4.78, 5) is 28.3. The maximum atomic E-state index is 12.0. The number of fused-ring (bicyclic) bond motifs is 2. The van der Waals surface area contributed by atoms with Crippen LogP contribution in [-0.2, 0) is 11.2 Å². The molecule has 5 aromatic rings. The Morgan fingerprint density at radius 1 is 1.14 bits per heavy atom. The zero-order valence-electron chi connectivity index (χ0n) is 24.6. The second kappa shape index (κ2) is 11.1. The summed E-state index contributed by atoms with van der Waals surface area (Å²) in [6.45, 7) is 9.23. The van der Waals surface area contributed by atoms with Crippen LogP contribution in [0.2, 0.25) is 5.02 Å². The Kier molecular flexibility index (Phi) is 7.48. The highest BCUT2D eigenvalue weighted by molar-refractivity contribution is 7.22. The molecule has 1 aliphatic heterocycles. The van der Waals surface area contributed by atoms with Gasteiger partial charge >= 0.3 is 5.97 Å². The number of halogens is 1. The highest BCUT2D eigenvalue weighted by Gasteiger charge is 2.24. The first-order valence-electron chi connectivity index (χ1n) is 13.9. The number of hydrogen-bond donors (Lipinski definition) is 1. The lowest BCUT2D eigenvalue weighted by Crippen LogP contribution is -2.29. The van der Waals surface area contributed by atoms with E-state index in [-0.39, 0.29) is 6.42 Å². The van der Waals surface area contributed by atoms with Gasteiger partial charge in [0.15, 0.2) is 11.6 Å². The number of pyridine rings is 2. The number of nitrogens with zero attached hydrogens (tertiary/aromatic N) is 4. The number of carboxylic acids is 1. The van der Waals surface area contributed by atoms with Crippen LogP contribution in [0.5, 0.6) is 11.5 Å². The lowest BCUT2D eigenvalue weighted by Gasteiger charge is -2.26. The van der Waals surface area contributed by atoms with Crippen molar-refractivity contribution in [3.8, 4) is 44.5 Å². The number of anilines is 1. The van der Waals surface area contributed by atoms with Gasteiger partial charge in [0.05, 0.1) is 28.9 Å². The van der Waals surface area contributed by atoms with Crippen molar-refractivity contribution in [2.24, 2.45) is 0 Å². The Labute approximate surface area is 258 Å². The fourth-order valence-electron chi connectivity index (χ4n) is 5.23. The van der Waals surface area contributed by atoms with E-state index in [4.69, 9.17) is 26.1 Å². The summed E-state index contributed by atoms with van der Waals surface area (Å²) in [6, 6.07) is 13.3. The highest BCUT2D eigenvalue weighted by atomic mass is 35.5. The van der Waals surface area contributed by atoms with Crippen LogP contribution in [0.1, 0.15) is 31.9 Å². The van der Waals surface area contributed by atoms with E-state index in [2.05, 4.69) is 14.9 Å². The van der Waals surface area contributed by atoms with Crippen LogP contribution in [0.3, 0.4) is 0 Å². The van der Waals surface area contributed by atoms with Gasteiger partial charge < -0.3 is 19.5 Å². The van der Waals surface area contributed by atoms with E-state index in [1.54, 1.807) is 18.3 Å². The summed E-state index contributed by atoms with van der Waals surface area (Å²) in [5, 5.41) is 11.2. The van der Waals surface area contributed by atoms with Crippen molar-refractivity contribution in [2.75, 3.05) is 25.1 Å². The van der Waals surface area contributed by atoms with E-state index in [9.17, 15) is 9.90 Å². The predicted octanol–water partition coefficient (Wildman–Crippen LogP) is 7.68. The topological polar surface area (TPSA) is 97.7 Å². The zero-order chi connectivity index (χ0) is 30.5. The van der Waals surface area contributed by atoms with E-state index >= 15 is 0 Å². The Morgan fingerprint density at radius 3 is 2.72 bits per heavy atom. The zero-order valence-corrected chi connectivity index (χ0v) is 26.1. The van der Waals surface area contributed by atoms with Gasteiger partial charge in [-0.2, -0.15) is 0 Å². The molecule has 0 aliphatic carbocycles. The average molecular weight is 615 g/mol. The number of carbonyl (C=O) groups is 1. The van der Waals surface area contributed by atoms with Gasteiger partial charge in [-0.25, -0.2) is 9.97 Å². The number of rotatable bonds is 6. The first kappa shape index (κ1) is 28.9. The molecule has 0 atom stereocenters. The maximum absolute atomic E-state index is 12.0. The van der Waals surface area contributed by atoms with E-state index in [1.165, 1.54) is 11.3 Å². The van der Waals surface area contributed by atoms with Crippen molar-refractivity contribution in [3.05, 3.63) is 71.0 Å². The molecule has 0 amide bonds. The third-order valence-corrected chi connectivity index (χ3v) is 8.52. The quantitative estimate of drug-likeness (QED) is 0.208. The van der Waals surface area contributed by atoms with E-state index in [0.29, 0.717) is 17.4 Å². The lowest BCUT2D eigenvalue weighted by molar-refractivity contribution is -0.136. The number of benzene rings is 2. The number of aryl methyl sites for hydroxylation is 1. The summed E-state index contributed by atoms with van der Waals surface area (Å²) < 4.78 is 13.1. The number of thiazole rings is 1. The number of aromatic nitrogens is 3. The van der Waals surface area contributed by atoms with Crippen molar-refractivity contribution >= 4 is 44.9 Å². The minimum atomic E-state index is -0.909. The summed E-state index contributed by atoms with van der Waals surface area (Å²) >= 11 is 7.91.